The fourth-order valence-corrected chi connectivity index (χ4v) is 9.02. The predicted octanol–water partition coefficient (Wildman–Crippen LogP) is 10.2. The van der Waals surface area contributed by atoms with E-state index in [9.17, 15) is 4.79 Å². The van der Waals surface area contributed by atoms with Crippen LogP contribution in [-0.2, 0) is 14.3 Å². The number of thioether (sulfide) groups is 1. The maximum atomic E-state index is 12.3. The molecule has 6 heteroatoms. The Bertz CT molecular complexity index is 568. The zero-order valence-electron chi connectivity index (χ0n) is 27.9. The Balaban J connectivity index is 2.00. The van der Waals surface area contributed by atoms with Crippen LogP contribution >= 0.6 is 11.8 Å². The highest BCUT2D eigenvalue weighted by Gasteiger charge is 2.21. The average Bonchev–Trinajstić information content (AvgIpc) is 2.96. The average molecular weight is 614 g/mol. The highest BCUT2D eigenvalue weighted by molar-refractivity contribution is 8.13. The number of nitrogens with zero attached hydrogens (tertiary/aromatic N) is 1. The number of rotatable bonds is 28. The van der Waals surface area contributed by atoms with Crippen molar-refractivity contribution in [2.24, 2.45) is 0 Å². The third-order valence-corrected chi connectivity index (χ3v) is 12.1. The van der Waals surface area contributed by atoms with Crippen LogP contribution in [0, 0.1) is 0 Å². The molecule has 4 nitrogen and oxygen atoms in total. The Morgan fingerprint density at radius 3 is 1.90 bits per heavy atom. The monoisotopic (exact) mass is 613 g/mol. The van der Waals surface area contributed by atoms with Crippen LogP contribution in [0.5, 0.6) is 0 Å². The van der Waals surface area contributed by atoms with Crippen LogP contribution in [0.3, 0.4) is 0 Å². The number of carbonyl (C=O) groups is 1. The molecule has 2 atom stereocenters. The van der Waals surface area contributed by atoms with Crippen LogP contribution in [-0.4, -0.2) is 58.2 Å². The second-order valence-corrected chi connectivity index (χ2v) is 16.7. The third-order valence-electron chi connectivity index (χ3n) is 8.83. The van der Waals surface area contributed by atoms with E-state index in [1.54, 1.807) is 11.8 Å². The molecule has 244 valence electrons. The summed E-state index contributed by atoms with van der Waals surface area (Å²) in [5, 5.41) is 0.422. The minimum atomic E-state index is -0.202. The van der Waals surface area contributed by atoms with E-state index in [1.165, 1.54) is 141 Å². The summed E-state index contributed by atoms with van der Waals surface area (Å²) in [4.78, 5) is 12.3. The van der Waals surface area contributed by atoms with Gasteiger partial charge in [-0.25, -0.2) is 0 Å². The molecular weight excluding hydrogens is 543 g/mol. The molecule has 1 rings (SSSR count). The van der Waals surface area contributed by atoms with E-state index in [0.717, 1.165) is 43.7 Å². The normalized spacial score (nSPS) is 19.0. The number of hydrogen-bond acceptors (Lipinski definition) is 5. The van der Waals surface area contributed by atoms with Crippen molar-refractivity contribution in [2.45, 2.75) is 186 Å². The van der Waals surface area contributed by atoms with Gasteiger partial charge in [0.25, 0.3) is 0 Å². The van der Waals surface area contributed by atoms with Gasteiger partial charge in [-0.3, -0.25) is 4.79 Å². The van der Waals surface area contributed by atoms with E-state index in [4.69, 9.17) is 9.47 Å². The molecule has 0 saturated carbocycles. The minimum Gasteiger partial charge on any atom is -0.355 e. The van der Waals surface area contributed by atoms with E-state index < -0.39 is 0 Å². The third kappa shape index (κ3) is 26.3. The van der Waals surface area contributed by atoms with Gasteiger partial charge in [0.1, 0.15) is 6.79 Å². The molecule has 1 heterocycles. The van der Waals surface area contributed by atoms with Gasteiger partial charge in [0.15, 0.2) is 5.12 Å². The van der Waals surface area contributed by atoms with Crippen LogP contribution in [0.15, 0.2) is 0 Å². The molecule has 0 N–H and O–H groups in total. The number of carbonyl (C=O) groups excluding carboxylic acids is 1. The molecule has 41 heavy (non-hydrogen) atoms. The van der Waals surface area contributed by atoms with E-state index in [1.807, 2.05) is 0 Å². The van der Waals surface area contributed by atoms with Gasteiger partial charge in [0, 0.05) is 18.8 Å². The first-order chi connectivity index (χ1) is 20.2. The topological polar surface area (TPSA) is 38.8 Å². The van der Waals surface area contributed by atoms with Crippen molar-refractivity contribution in [2.75, 3.05) is 32.7 Å². The van der Waals surface area contributed by atoms with Gasteiger partial charge in [0.05, 0.1) is 15.8 Å². The molecule has 0 aromatic rings. The summed E-state index contributed by atoms with van der Waals surface area (Å²) in [6, 6.07) is 0. The van der Waals surface area contributed by atoms with Crippen molar-refractivity contribution in [3.63, 3.8) is 0 Å². The number of unbranched alkanes of at least 4 members (excludes halogenated alkanes) is 17. The van der Waals surface area contributed by atoms with E-state index >= 15 is 0 Å². The van der Waals surface area contributed by atoms with E-state index in [0.29, 0.717) is 18.0 Å². The molecule has 0 aromatic carbocycles. The lowest BCUT2D eigenvalue weighted by Gasteiger charge is -2.30. The molecule has 0 aromatic heterocycles. The van der Waals surface area contributed by atoms with Gasteiger partial charge < -0.3 is 14.0 Å². The van der Waals surface area contributed by atoms with Crippen LogP contribution in [0.2, 0.25) is 5.54 Å². The molecule has 1 fully saturated rings. The maximum absolute atomic E-state index is 12.3. The lowest BCUT2D eigenvalue weighted by Crippen LogP contribution is -2.34. The van der Waals surface area contributed by atoms with Gasteiger partial charge >= 0.3 is 0 Å². The van der Waals surface area contributed by atoms with Crippen LogP contribution in [0.1, 0.15) is 174 Å². The quantitative estimate of drug-likeness (QED) is 0.0499. The molecular formula is C35H71NO3SSi. The van der Waals surface area contributed by atoms with Crippen molar-refractivity contribution in [1.82, 2.24) is 4.57 Å². The number of ether oxygens (including phenoxy) is 2. The molecule has 0 spiro atoms. The summed E-state index contributed by atoms with van der Waals surface area (Å²) in [6.45, 7) is 7.03. The van der Waals surface area contributed by atoms with Crippen molar-refractivity contribution in [3.8, 4) is 0 Å². The van der Waals surface area contributed by atoms with E-state index in [-0.39, 0.29) is 9.68 Å². The van der Waals surface area contributed by atoms with Gasteiger partial charge in [-0.1, -0.05) is 141 Å². The number of hydrogen-bond donors (Lipinski definition) is 0. The Morgan fingerprint density at radius 1 is 0.732 bits per heavy atom. The highest BCUT2D eigenvalue weighted by Crippen LogP contribution is 2.26. The Labute approximate surface area is 263 Å². The van der Waals surface area contributed by atoms with Crippen LogP contribution in [0.25, 0.3) is 0 Å². The summed E-state index contributed by atoms with van der Waals surface area (Å²) in [5.41, 5.74) is 0.854. The Hall–Kier alpha value is 0.117. The first kappa shape index (κ1) is 39.1. The lowest BCUT2D eigenvalue weighted by molar-refractivity contribution is -0.111. The van der Waals surface area contributed by atoms with Crippen LogP contribution < -0.4 is 0 Å². The fourth-order valence-electron chi connectivity index (χ4n) is 6.06. The molecule has 1 aliphatic rings. The largest absolute Gasteiger partial charge is 0.355 e. The zero-order chi connectivity index (χ0) is 29.6. The minimum absolute atomic E-state index is 0.202. The zero-order valence-corrected chi connectivity index (χ0v) is 30.2. The van der Waals surface area contributed by atoms with Crippen molar-refractivity contribution in [3.05, 3.63) is 0 Å². The molecule has 0 bridgehead atoms. The van der Waals surface area contributed by atoms with Crippen molar-refractivity contribution < 1.29 is 14.3 Å². The Kier molecular flexibility index (Phi) is 28.8. The van der Waals surface area contributed by atoms with Gasteiger partial charge in [-0.2, -0.15) is 0 Å². The predicted molar refractivity (Wildman–Crippen MR) is 185 cm³/mol. The summed E-state index contributed by atoms with van der Waals surface area (Å²) in [7, 11) is 2.11. The van der Waals surface area contributed by atoms with Gasteiger partial charge in [0.2, 0.25) is 0 Å². The molecule has 1 aliphatic heterocycles. The lowest BCUT2D eigenvalue weighted by atomic mass is 10.1. The summed E-state index contributed by atoms with van der Waals surface area (Å²) in [5.74, 6) is 1.01. The summed E-state index contributed by atoms with van der Waals surface area (Å²) in [6.07, 6.45) is 32.7. The molecule has 2 unspecified atom stereocenters. The highest BCUT2D eigenvalue weighted by atomic mass is 32.2. The second-order valence-electron chi connectivity index (χ2n) is 12.9. The molecule has 0 radical (unpaired) electrons. The van der Waals surface area contributed by atoms with Gasteiger partial charge in [-0.05, 0) is 57.7 Å². The molecule has 0 aliphatic carbocycles. The smallest absolute Gasteiger partial charge is 0.188 e. The van der Waals surface area contributed by atoms with Crippen molar-refractivity contribution >= 4 is 26.6 Å². The van der Waals surface area contributed by atoms with Crippen molar-refractivity contribution in [1.29, 1.82) is 0 Å². The standard InChI is InChI=1S/C35H71NO3SSi/c1-4-6-8-10-12-14-16-18-20-22-30-38-32-39-33-26-27-34(41-36(3)29-28-33)24-23-31-40-35(37)25-21-19-17-15-13-11-9-7-5-2/h33-34H,4-32,41H2,1-3H3. The molecule has 1 saturated heterocycles. The Morgan fingerprint density at radius 2 is 1.29 bits per heavy atom. The first-order valence-electron chi connectivity index (χ1n) is 18.2. The fraction of sp³-hybridized carbons (Fsp3) is 0.971. The SMILES string of the molecule is CCCCCCCCCCCCOCOC1CCC(CCCSC(=O)CCCCCCCCCCC)[SiH2]N(C)CC1. The summed E-state index contributed by atoms with van der Waals surface area (Å²) < 4.78 is 14.6. The van der Waals surface area contributed by atoms with Crippen LogP contribution in [0.4, 0.5) is 0 Å². The van der Waals surface area contributed by atoms with Gasteiger partial charge in [-0.15, -0.1) is 0 Å². The molecule has 0 amide bonds. The maximum Gasteiger partial charge on any atom is 0.188 e. The summed E-state index contributed by atoms with van der Waals surface area (Å²) >= 11 is 1.60. The first-order valence-corrected chi connectivity index (χ1v) is 20.6. The van der Waals surface area contributed by atoms with E-state index in [2.05, 4.69) is 25.5 Å². The second kappa shape index (κ2) is 30.2.